The van der Waals surface area contributed by atoms with E-state index in [9.17, 15) is 12.8 Å². The SMILES string of the molecule is CCOc1ccc(NS(=O)(=O)c2c(N)cccc2F)cn1. The van der Waals surface area contributed by atoms with Gasteiger partial charge in [-0.2, -0.15) is 0 Å². The first kappa shape index (κ1) is 15.0. The molecule has 0 unspecified atom stereocenters. The summed E-state index contributed by atoms with van der Waals surface area (Å²) < 4.78 is 45.4. The Morgan fingerprint density at radius 3 is 2.67 bits per heavy atom. The second-order valence-corrected chi connectivity index (χ2v) is 5.70. The molecular weight excluding hydrogens is 297 g/mol. The van der Waals surface area contributed by atoms with E-state index in [1.807, 2.05) is 0 Å². The number of anilines is 2. The molecule has 0 spiro atoms. The number of nitrogens with zero attached hydrogens (tertiary/aromatic N) is 1. The fraction of sp³-hybridized carbons (Fsp3) is 0.154. The van der Waals surface area contributed by atoms with Crippen molar-refractivity contribution < 1.29 is 17.5 Å². The van der Waals surface area contributed by atoms with Gasteiger partial charge >= 0.3 is 0 Å². The van der Waals surface area contributed by atoms with E-state index in [0.717, 1.165) is 6.07 Å². The number of benzene rings is 1. The van der Waals surface area contributed by atoms with Crippen molar-refractivity contribution in [3.8, 4) is 5.88 Å². The Morgan fingerprint density at radius 1 is 1.33 bits per heavy atom. The van der Waals surface area contributed by atoms with Gasteiger partial charge in [-0.05, 0) is 25.1 Å². The van der Waals surface area contributed by atoms with Crippen LogP contribution in [0.4, 0.5) is 15.8 Å². The van der Waals surface area contributed by atoms with Crippen LogP contribution in [0.25, 0.3) is 0 Å². The van der Waals surface area contributed by atoms with Crippen molar-refractivity contribution in [3.63, 3.8) is 0 Å². The van der Waals surface area contributed by atoms with E-state index in [0.29, 0.717) is 12.5 Å². The quantitative estimate of drug-likeness (QED) is 0.824. The van der Waals surface area contributed by atoms with Crippen molar-refractivity contribution in [1.82, 2.24) is 4.98 Å². The summed E-state index contributed by atoms with van der Waals surface area (Å²) in [6.07, 6.45) is 1.28. The minimum absolute atomic E-state index is 0.165. The summed E-state index contributed by atoms with van der Waals surface area (Å²) in [7, 11) is -4.13. The standard InChI is InChI=1S/C13H14FN3O3S/c1-2-20-12-7-6-9(8-16-12)17-21(18,19)13-10(14)4-3-5-11(13)15/h3-8,17H,2,15H2,1H3. The number of nitrogens with one attached hydrogen (secondary N) is 1. The van der Waals surface area contributed by atoms with Gasteiger partial charge in [-0.1, -0.05) is 6.07 Å². The Labute approximate surface area is 121 Å². The van der Waals surface area contributed by atoms with Crippen LogP contribution in [0.1, 0.15) is 6.92 Å². The normalized spacial score (nSPS) is 11.1. The lowest BCUT2D eigenvalue weighted by Crippen LogP contribution is -2.16. The molecule has 0 radical (unpaired) electrons. The van der Waals surface area contributed by atoms with Crippen molar-refractivity contribution in [3.05, 3.63) is 42.3 Å². The lowest BCUT2D eigenvalue weighted by atomic mass is 10.3. The number of hydrogen-bond acceptors (Lipinski definition) is 5. The Bertz CT molecular complexity index is 713. The molecular formula is C13H14FN3O3S. The fourth-order valence-corrected chi connectivity index (χ4v) is 2.93. The number of pyridine rings is 1. The Balaban J connectivity index is 2.29. The number of hydrogen-bond donors (Lipinski definition) is 2. The smallest absolute Gasteiger partial charge is 0.266 e. The zero-order valence-corrected chi connectivity index (χ0v) is 12.0. The average molecular weight is 311 g/mol. The van der Waals surface area contributed by atoms with Crippen LogP contribution in [-0.2, 0) is 10.0 Å². The molecule has 1 heterocycles. The summed E-state index contributed by atoms with van der Waals surface area (Å²) >= 11 is 0. The van der Waals surface area contributed by atoms with E-state index >= 15 is 0 Å². The third-order valence-corrected chi connectivity index (χ3v) is 4.02. The molecule has 0 bridgehead atoms. The van der Waals surface area contributed by atoms with Crippen LogP contribution in [0.2, 0.25) is 0 Å². The van der Waals surface area contributed by atoms with Gasteiger partial charge in [0.05, 0.1) is 24.2 Å². The van der Waals surface area contributed by atoms with Gasteiger partial charge in [0.15, 0.2) is 0 Å². The highest BCUT2D eigenvalue weighted by molar-refractivity contribution is 7.92. The highest BCUT2D eigenvalue weighted by atomic mass is 32.2. The van der Waals surface area contributed by atoms with Crippen molar-refractivity contribution in [2.75, 3.05) is 17.1 Å². The van der Waals surface area contributed by atoms with Crippen LogP contribution in [0.5, 0.6) is 5.88 Å². The highest BCUT2D eigenvalue weighted by Crippen LogP contribution is 2.24. The molecule has 21 heavy (non-hydrogen) atoms. The number of sulfonamides is 1. The van der Waals surface area contributed by atoms with Gasteiger partial charge in [0.2, 0.25) is 5.88 Å². The van der Waals surface area contributed by atoms with Crippen molar-refractivity contribution in [1.29, 1.82) is 0 Å². The number of nitrogens with two attached hydrogens (primary N) is 1. The molecule has 0 aliphatic carbocycles. The first-order valence-corrected chi connectivity index (χ1v) is 7.58. The largest absolute Gasteiger partial charge is 0.478 e. The lowest BCUT2D eigenvalue weighted by Gasteiger charge is -2.11. The summed E-state index contributed by atoms with van der Waals surface area (Å²) in [5.41, 5.74) is 5.55. The van der Waals surface area contributed by atoms with Crippen LogP contribution in [0, 0.1) is 5.82 Å². The summed E-state index contributed by atoms with van der Waals surface area (Å²) in [4.78, 5) is 3.33. The van der Waals surface area contributed by atoms with E-state index in [1.165, 1.54) is 30.5 Å². The monoisotopic (exact) mass is 311 g/mol. The molecule has 0 fully saturated rings. The molecule has 3 N–H and O–H groups in total. The first-order valence-electron chi connectivity index (χ1n) is 6.09. The Kier molecular flexibility index (Phi) is 4.27. The molecule has 0 amide bonds. The van der Waals surface area contributed by atoms with Gasteiger partial charge in [0.1, 0.15) is 10.7 Å². The van der Waals surface area contributed by atoms with E-state index in [2.05, 4.69) is 9.71 Å². The van der Waals surface area contributed by atoms with Gasteiger partial charge in [0, 0.05) is 6.07 Å². The van der Waals surface area contributed by atoms with Gasteiger partial charge < -0.3 is 10.5 Å². The van der Waals surface area contributed by atoms with Gasteiger partial charge in [-0.3, -0.25) is 4.72 Å². The van der Waals surface area contributed by atoms with Crippen LogP contribution in [0.15, 0.2) is 41.4 Å². The van der Waals surface area contributed by atoms with Crippen LogP contribution < -0.4 is 15.2 Å². The minimum Gasteiger partial charge on any atom is -0.478 e. The van der Waals surface area contributed by atoms with Gasteiger partial charge in [0.25, 0.3) is 10.0 Å². The first-order chi connectivity index (χ1) is 9.94. The van der Waals surface area contributed by atoms with E-state index in [-0.39, 0.29) is 11.4 Å². The van der Waals surface area contributed by atoms with E-state index in [1.54, 1.807) is 6.92 Å². The van der Waals surface area contributed by atoms with Gasteiger partial charge in [-0.25, -0.2) is 17.8 Å². The van der Waals surface area contributed by atoms with Gasteiger partial charge in [-0.15, -0.1) is 0 Å². The number of nitrogen functional groups attached to an aromatic ring is 1. The summed E-state index contributed by atoms with van der Waals surface area (Å²) in [6, 6.07) is 6.65. The van der Waals surface area contributed by atoms with Crippen LogP contribution in [0.3, 0.4) is 0 Å². The topological polar surface area (TPSA) is 94.3 Å². The average Bonchev–Trinajstić information content (AvgIpc) is 2.40. The maximum atomic E-state index is 13.7. The maximum Gasteiger partial charge on any atom is 0.266 e. The third-order valence-electron chi connectivity index (χ3n) is 2.55. The Hall–Kier alpha value is -2.35. The van der Waals surface area contributed by atoms with Crippen molar-refractivity contribution in [2.24, 2.45) is 0 Å². The highest BCUT2D eigenvalue weighted by Gasteiger charge is 2.22. The van der Waals surface area contributed by atoms with Crippen molar-refractivity contribution >= 4 is 21.4 Å². The number of aromatic nitrogens is 1. The predicted molar refractivity (Wildman–Crippen MR) is 77.0 cm³/mol. The summed E-state index contributed by atoms with van der Waals surface area (Å²) in [5.74, 6) is -0.549. The molecule has 112 valence electrons. The molecule has 2 rings (SSSR count). The summed E-state index contributed by atoms with van der Waals surface area (Å²) in [5, 5.41) is 0. The molecule has 8 heteroatoms. The summed E-state index contributed by atoms with van der Waals surface area (Å²) in [6.45, 7) is 2.25. The minimum atomic E-state index is -4.13. The number of halogens is 1. The molecule has 1 aromatic heterocycles. The zero-order chi connectivity index (χ0) is 15.5. The third kappa shape index (κ3) is 3.40. The molecule has 6 nitrogen and oxygen atoms in total. The molecule has 0 aliphatic heterocycles. The maximum absolute atomic E-state index is 13.7. The van der Waals surface area contributed by atoms with E-state index < -0.39 is 20.7 Å². The second-order valence-electron chi connectivity index (χ2n) is 4.08. The second kappa shape index (κ2) is 5.96. The zero-order valence-electron chi connectivity index (χ0n) is 11.2. The molecule has 0 atom stereocenters. The van der Waals surface area contributed by atoms with E-state index in [4.69, 9.17) is 10.5 Å². The van der Waals surface area contributed by atoms with Crippen LogP contribution >= 0.6 is 0 Å². The molecule has 0 aliphatic rings. The Morgan fingerprint density at radius 2 is 2.10 bits per heavy atom. The molecule has 1 aromatic carbocycles. The fourth-order valence-electron chi connectivity index (χ4n) is 1.69. The number of rotatable bonds is 5. The predicted octanol–water partition coefficient (Wildman–Crippen LogP) is 2.00. The number of ether oxygens (including phenoxy) is 1. The molecule has 2 aromatic rings. The molecule has 0 saturated heterocycles. The molecule has 0 saturated carbocycles. The van der Waals surface area contributed by atoms with Crippen LogP contribution in [-0.4, -0.2) is 20.0 Å². The van der Waals surface area contributed by atoms with Crippen molar-refractivity contribution in [2.45, 2.75) is 11.8 Å². The lowest BCUT2D eigenvalue weighted by molar-refractivity contribution is 0.327.